The van der Waals surface area contributed by atoms with Gasteiger partial charge in [-0.3, -0.25) is 9.59 Å². The minimum Gasteiger partial charge on any atom is -0.494 e. The normalized spacial score (nSPS) is 11.6. The molecular weight excluding hydrogens is 435 g/mol. The summed E-state index contributed by atoms with van der Waals surface area (Å²) in [6, 6.07) is 12.4. The predicted molar refractivity (Wildman–Crippen MR) is 126 cm³/mol. The Labute approximate surface area is 194 Å². The summed E-state index contributed by atoms with van der Waals surface area (Å²) in [5.41, 5.74) is 1.98. The van der Waals surface area contributed by atoms with Gasteiger partial charge in [-0.25, -0.2) is 0 Å². The predicted octanol–water partition coefficient (Wildman–Crippen LogP) is 5.40. The number of nitrogens with one attached hydrogen (secondary N) is 1. The third kappa shape index (κ3) is 8.08. The van der Waals surface area contributed by atoms with Gasteiger partial charge in [-0.2, -0.15) is 0 Å². The van der Waals surface area contributed by atoms with Crippen LogP contribution in [0.15, 0.2) is 42.5 Å². The van der Waals surface area contributed by atoms with Crippen molar-refractivity contribution in [3.8, 4) is 5.75 Å². The van der Waals surface area contributed by atoms with Crippen LogP contribution in [0, 0.1) is 6.92 Å². The monoisotopic (exact) mass is 464 g/mol. The first kappa shape index (κ1) is 25.0. The number of ether oxygens (including phenoxy) is 1. The maximum absolute atomic E-state index is 13.0. The van der Waals surface area contributed by atoms with E-state index in [-0.39, 0.29) is 24.8 Å². The van der Waals surface area contributed by atoms with Crippen LogP contribution in [-0.4, -0.2) is 35.9 Å². The Balaban J connectivity index is 2.01. The Bertz CT molecular complexity index is 872. The SMILES string of the molecule is CCCNC(=O)[C@@H](C)N(Cc1ccc(Cl)c(Cl)c1)C(=O)CCCOc1ccc(C)cc1. The van der Waals surface area contributed by atoms with E-state index in [9.17, 15) is 9.59 Å². The highest BCUT2D eigenvalue weighted by Gasteiger charge is 2.25. The van der Waals surface area contributed by atoms with Crippen molar-refractivity contribution in [2.45, 2.75) is 52.6 Å². The molecule has 0 saturated heterocycles. The van der Waals surface area contributed by atoms with Crippen LogP contribution in [0.5, 0.6) is 5.75 Å². The second kappa shape index (κ2) is 12.6. The van der Waals surface area contributed by atoms with Gasteiger partial charge < -0.3 is 15.0 Å². The van der Waals surface area contributed by atoms with Gasteiger partial charge in [-0.1, -0.05) is 53.9 Å². The first-order chi connectivity index (χ1) is 14.8. The molecule has 1 N–H and O–H groups in total. The quantitative estimate of drug-likeness (QED) is 0.452. The molecule has 0 spiro atoms. The number of hydrogen-bond donors (Lipinski definition) is 1. The zero-order chi connectivity index (χ0) is 22.8. The number of hydrogen-bond acceptors (Lipinski definition) is 3. The Hall–Kier alpha value is -2.24. The summed E-state index contributed by atoms with van der Waals surface area (Å²) >= 11 is 12.1. The van der Waals surface area contributed by atoms with E-state index in [1.54, 1.807) is 24.0 Å². The fourth-order valence-electron chi connectivity index (χ4n) is 3.00. The lowest BCUT2D eigenvalue weighted by Crippen LogP contribution is -2.47. The standard InChI is InChI=1S/C24H30Cl2N2O3/c1-4-13-27-24(30)18(3)28(16-19-9-12-21(25)22(26)15-19)23(29)6-5-14-31-20-10-7-17(2)8-11-20/h7-12,15,18H,4-6,13-14,16H2,1-3H3,(H,27,30)/t18-/m1/s1. The van der Waals surface area contributed by atoms with Crippen molar-refractivity contribution in [1.29, 1.82) is 0 Å². The van der Waals surface area contributed by atoms with Crippen LogP contribution < -0.4 is 10.1 Å². The fraction of sp³-hybridized carbons (Fsp3) is 0.417. The molecule has 0 saturated carbocycles. The zero-order valence-electron chi connectivity index (χ0n) is 18.3. The van der Waals surface area contributed by atoms with Crippen molar-refractivity contribution in [2.75, 3.05) is 13.2 Å². The maximum Gasteiger partial charge on any atom is 0.242 e. The molecule has 0 unspecified atom stereocenters. The summed E-state index contributed by atoms with van der Waals surface area (Å²) < 4.78 is 5.72. The van der Waals surface area contributed by atoms with Crippen LogP contribution in [0.25, 0.3) is 0 Å². The van der Waals surface area contributed by atoms with Crippen molar-refractivity contribution in [2.24, 2.45) is 0 Å². The lowest BCUT2D eigenvalue weighted by molar-refractivity contribution is -0.140. The topological polar surface area (TPSA) is 58.6 Å². The minimum absolute atomic E-state index is 0.113. The Morgan fingerprint density at radius 1 is 1.10 bits per heavy atom. The van der Waals surface area contributed by atoms with Gasteiger partial charge in [-0.05, 0) is 56.5 Å². The molecule has 1 atom stereocenters. The van der Waals surface area contributed by atoms with E-state index in [1.807, 2.05) is 44.2 Å². The van der Waals surface area contributed by atoms with E-state index in [4.69, 9.17) is 27.9 Å². The lowest BCUT2D eigenvalue weighted by atomic mass is 10.1. The van der Waals surface area contributed by atoms with E-state index in [0.29, 0.717) is 29.6 Å². The minimum atomic E-state index is -0.605. The summed E-state index contributed by atoms with van der Waals surface area (Å²) in [5, 5.41) is 3.73. The van der Waals surface area contributed by atoms with Gasteiger partial charge in [0.25, 0.3) is 0 Å². The van der Waals surface area contributed by atoms with E-state index in [1.165, 1.54) is 0 Å². The van der Waals surface area contributed by atoms with Crippen molar-refractivity contribution < 1.29 is 14.3 Å². The van der Waals surface area contributed by atoms with Crippen LogP contribution >= 0.6 is 23.2 Å². The molecule has 2 rings (SSSR count). The van der Waals surface area contributed by atoms with Crippen LogP contribution in [0.4, 0.5) is 0 Å². The number of halogens is 2. The fourth-order valence-corrected chi connectivity index (χ4v) is 3.33. The number of rotatable bonds is 11. The average Bonchev–Trinajstić information content (AvgIpc) is 2.76. The van der Waals surface area contributed by atoms with Crippen molar-refractivity contribution >= 4 is 35.0 Å². The van der Waals surface area contributed by atoms with E-state index in [0.717, 1.165) is 23.3 Å². The number of nitrogens with zero attached hydrogens (tertiary/aromatic N) is 1. The summed E-state index contributed by atoms with van der Waals surface area (Å²) in [5.74, 6) is 0.488. The molecule has 31 heavy (non-hydrogen) atoms. The molecule has 0 aromatic heterocycles. The summed E-state index contributed by atoms with van der Waals surface area (Å²) in [4.78, 5) is 27.1. The van der Waals surface area contributed by atoms with Gasteiger partial charge in [0.2, 0.25) is 11.8 Å². The van der Waals surface area contributed by atoms with Crippen molar-refractivity contribution in [3.63, 3.8) is 0 Å². The number of aryl methyl sites for hydroxylation is 1. The third-order valence-corrected chi connectivity index (χ3v) is 5.62. The van der Waals surface area contributed by atoms with Gasteiger partial charge in [-0.15, -0.1) is 0 Å². The first-order valence-corrected chi connectivity index (χ1v) is 11.3. The Morgan fingerprint density at radius 3 is 2.45 bits per heavy atom. The molecule has 0 aliphatic carbocycles. The number of carbonyl (C=O) groups excluding carboxylic acids is 2. The zero-order valence-corrected chi connectivity index (χ0v) is 19.8. The highest BCUT2D eigenvalue weighted by molar-refractivity contribution is 6.42. The molecule has 7 heteroatoms. The van der Waals surface area contributed by atoms with Crippen LogP contribution in [-0.2, 0) is 16.1 Å². The summed E-state index contributed by atoms with van der Waals surface area (Å²) in [6.07, 6.45) is 1.65. The number of amides is 2. The van der Waals surface area contributed by atoms with Crippen LogP contribution in [0.1, 0.15) is 44.2 Å². The smallest absolute Gasteiger partial charge is 0.242 e. The van der Waals surface area contributed by atoms with Gasteiger partial charge in [0, 0.05) is 19.5 Å². The highest BCUT2D eigenvalue weighted by Crippen LogP contribution is 2.24. The summed E-state index contributed by atoms with van der Waals surface area (Å²) in [7, 11) is 0. The largest absolute Gasteiger partial charge is 0.494 e. The second-order valence-corrected chi connectivity index (χ2v) is 8.32. The van der Waals surface area contributed by atoms with Gasteiger partial charge >= 0.3 is 0 Å². The third-order valence-electron chi connectivity index (χ3n) is 4.88. The molecule has 168 valence electrons. The molecule has 0 fully saturated rings. The second-order valence-electron chi connectivity index (χ2n) is 7.50. The molecule has 0 aliphatic rings. The molecule has 0 aliphatic heterocycles. The molecule has 2 aromatic carbocycles. The Morgan fingerprint density at radius 2 is 1.81 bits per heavy atom. The molecule has 5 nitrogen and oxygen atoms in total. The van der Waals surface area contributed by atoms with Gasteiger partial charge in [0.1, 0.15) is 11.8 Å². The average molecular weight is 465 g/mol. The highest BCUT2D eigenvalue weighted by atomic mass is 35.5. The summed E-state index contributed by atoms with van der Waals surface area (Å²) in [6.45, 7) is 7.01. The van der Waals surface area contributed by atoms with E-state index >= 15 is 0 Å². The first-order valence-electron chi connectivity index (χ1n) is 10.5. The lowest BCUT2D eigenvalue weighted by Gasteiger charge is -2.29. The van der Waals surface area contributed by atoms with Crippen LogP contribution in [0.3, 0.4) is 0 Å². The van der Waals surface area contributed by atoms with Crippen molar-refractivity contribution in [1.82, 2.24) is 10.2 Å². The van der Waals surface area contributed by atoms with E-state index in [2.05, 4.69) is 5.32 Å². The molecular formula is C24H30Cl2N2O3. The number of carbonyl (C=O) groups is 2. The molecule has 2 aromatic rings. The maximum atomic E-state index is 13.0. The molecule has 0 heterocycles. The molecule has 2 amide bonds. The number of benzene rings is 2. The van der Waals surface area contributed by atoms with Gasteiger partial charge in [0.15, 0.2) is 0 Å². The molecule has 0 radical (unpaired) electrons. The Kier molecular flexibility index (Phi) is 10.2. The van der Waals surface area contributed by atoms with Crippen molar-refractivity contribution in [3.05, 3.63) is 63.6 Å². The van der Waals surface area contributed by atoms with Gasteiger partial charge in [0.05, 0.1) is 16.7 Å². The van der Waals surface area contributed by atoms with E-state index < -0.39 is 6.04 Å². The van der Waals surface area contributed by atoms with Crippen LogP contribution in [0.2, 0.25) is 10.0 Å². The molecule has 0 bridgehead atoms.